The average molecular weight is 743 g/mol. The van der Waals surface area contributed by atoms with E-state index in [1.165, 1.54) is 0 Å². The van der Waals surface area contributed by atoms with Gasteiger partial charge in [-0.15, -0.1) is 0 Å². The first-order valence-corrected chi connectivity index (χ1v) is 19.3. The number of allylic oxidation sites excluding steroid dienone is 1. The highest BCUT2D eigenvalue weighted by Crippen LogP contribution is 2.47. The Morgan fingerprint density at radius 1 is 0.517 bits per heavy atom. The van der Waals surface area contributed by atoms with Crippen molar-refractivity contribution in [2.75, 3.05) is 9.80 Å². The quantitative estimate of drug-likeness (QED) is 0.145. The molecule has 1 aromatic heterocycles. The van der Waals surface area contributed by atoms with Gasteiger partial charge in [0.1, 0.15) is 24.1 Å². The third-order valence-corrected chi connectivity index (χ3v) is 11.1. The van der Waals surface area contributed by atoms with Crippen molar-refractivity contribution in [3.05, 3.63) is 193 Å². The van der Waals surface area contributed by atoms with Gasteiger partial charge in [-0.05, 0) is 98.4 Å². The fourth-order valence-electron chi connectivity index (χ4n) is 8.41. The molecule has 272 valence electrons. The number of rotatable bonds is 8. The van der Waals surface area contributed by atoms with Crippen LogP contribution in [-0.2, 0) is 0 Å². The number of dihydropyridines is 1. The number of aromatic nitrogens is 1. The summed E-state index contributed by atoms with van der Waals surface area (Å²) in [5, 5.41) is 27.8. The number of hydrogen-bond acceptors (Lipinski definition) is 6. The van der Waals surface area contributed by atoms with Gasteiger partial charge in [-0.1, -0.05) is 121 Å². The van der Waals surface area contributed by atoms with Gasteiger partial charge in [0, 0.05) is 29.6 Å². The number of nitriles is 2. The van der Waals surface area contributed by atoms with E-state index in [1.54, 1.807) is 6.20 Å². The molecular weight excluding hydrogens is 709 g/mol. The third-order valence-electron chi connectivity index (χ3n) is 11.1. The third kappa shape index (κ3) is 5.89. The van der Waals surface area contributed by atoms with Gasteiger partial charge in [0.2, 0.25) is 0 Å². The molecule has 0 amide bonds. The maximum Gasteiger partial charge on any atom is 0.137 e. The minimum absolute atomic E-state index is 0.253. The molecule has 1 aliphatic heterocycles. The molecule has 6 nitrogen and oxygen atoms in total. The predicted octanol–water partition coefficient (Wildman–Crippen LogP) is 13.0. The molecule has 0 spiro atoms. The van der Waals surface area contributed by atoms with Gasteiger partial charge in [0.15, 0.2) is 0 Å². The van der Waals surface area contributed by atoms with Crippen molar-refractivity contribution >= 4 is 67.1 Å². The van der Waals surface area contributed by atoms with Crippen LogP contribution in [0.25, 0.3) is 54.6 Å². The van der Waals surface area contributed by atoms with E-state index >= 15 is 0 Å². The average Bonchev–Trinajstić information content (AvgIpc) is 3.30. The van der Waals surface area contributed by atoms with Gasteiger partial charge in [-0.2, -0.15) is 10.5 Å². The van der Waals surface area contributed by atoms with E-state index < -0.39 is 0 Å². The van der Waals surface area contributed by atoms with Crippen molar-refractivity contribution in [1.82, 2.24) is 4.98 Å². The number of aliphatic imine (C=N–C) groups is 1. The van der Waals surface area contributed by atoms with Crippen LogP contribution in [0.4, 0.5) is 28.6 Å². The van der Waals surface area contributed by atoms with Crippen molar-refractivity contribution in [2.24, 2.45) is 4.99 Å². The summed E-state index contributed by atoms with van der Waals surface area (Å²) in [6, 6.07) is 60.7. The van der Waals surface area contributed by atoms with Gasteiger partial charge in [0.25, 0.3) is 0 Å². The molecule has 6 heteroatoms. The molecule has 0 aliphatic carbocycles. The molecule has 1 atom stereocenters. The summed E-state index contributed by atoms with van der Waals surface area (Å²) in [6.07, 6.45) is 8.18. The summed E-state index contributed by atoms with van der Waals surface area (Å²) in [5.74, 6) is 0.708. The Kier molecular flexibility index (Phi) is 8.63. The van der Waals surface area contributed by atoms with Crippen molar-refractivity contribution in [1.29, 1.82) is 10.5 Å². The van der Waals surface area contributed by atoms with E-state index in [4.69, 9.17) is 9.98 Å². The Balaban J connectivity index is 1.18. The molecule has 1 aliphatic rings. The Labute approximate surface area is 336 Å². The van der Waals surface area contributed by atoms with Gasteiger partial charge in [-0.3, -0.25) is 9.89 Å². The number of anilines is 5. The van der Waals surface area contributed by atoms with E-state index in [0.29, 0.717) is 23.4 Å². The Bertz CT molecular complexity index is 3120. The largest absolute Gasteiger partial charge is 0.317 e. The molecule has 9 aromatic rings. The zero-order valence-corrected chi connectivity index (χ0v) is 31.4. The van der Waals surface area contributed by atoms with Crippen molar-refractivity contribution < 1.29 is 0 Å². The smallest absolute Gasteiger partial charge is 0.137 e. The second-order valence-electron chi connectivity index (χ2n) is 14.3. The van der Waals surface area contributed by atoms with E-state index in [0.717, 1.165) is 77.3 Å². The van der Waals surface area contributed by atoms with E-state index in [-0.39, 0.29) is 6.17 Å². The molecule has 58 heavy (non-hydrogen) atoms. The van der Waals surface area contributed by atoms with Crippen molar-refractivity contribution in [3.63, 3.8) is 0 Å². The summed E-state index contributed by atoms with van der Waals surface area (Å²) < 4.78 is 0. The minimum Gasteiger partial charge on any atom is -0.317 e. The van der Waals surface area contributed by atoms with Crippen LogP contribution < -0.4 is 9.80 Å². The van der Waals surface area contributed by atoms with Crippen molar-refractivity contribution in [3.8, 4) is 34.4 Å². The lowest BCUT2D eigenvalue weighted by atomic mass is 9.91. The molecular formula is C52H34N6. The lowest BCUT2D eigenvalue weighted by Gasteiger charge is -2.34. The van der Waals surface area contributed by atoms with E-state index in [9.17, 15) is 10.5 Å². The van der Waals surface area contributed by atoms with Gasteiger partial charge < -0.3 is 4.90 Å². The Hall–Kier alpha value is -8.06. The molecule has 0 N–H and O–H groups in total. The molecule has 0 radical (unpaired) electrons. The summed E-state index contributed by atoms with van der Waals surface area (Å²) in [6.45, 7) is 0. The monoisotopic (exact) mass is 742 g/mol. The van der Waals surface area contributed by atoms with Crippen LogP contribution in [0, 0.1) is 22.7 Å². The molecule has 0 saturated carbocycles. The first-order chi connectivity index (χ1) is 28.7. The summed E-state index contributed by atoms with van der Waals surface area (Å²) in [7, 11) is 0. The lowest BCUT2D eigenvalue weighted by Crippen LogP contribution is -2.31. The van der Waals surface area contributed by atoms with Crippen LogP contribution in [-0.4, -0.2) is 17.4 Å². The molecule has 0 saturated heterocycles. The first-order valence-electron chi connectivity index (χ1n) is 19.3. The second-order valence-corrected chi connectivity index (χ2v) is 14.3. The minimum atomic E-state index is -0.253. The first kappa shape index (κ1) is 34.4. The highest BCUT2D eigenvalue weighted by atomic mass is 15.3. The fraction of sp³-hybridized carbons (Fsp3) is 0.0385. The van der Waals surface area contributed by atoms with Crippen LogP contribution in [0.2, 0.25) is 0 Å². The summed E-state index contributed by atoms with van der Waals surface area (Å²) >= 11 is 0. The maximum absolute atomic E-state index is 10.6. The number of hydrogen-bond donors (Lipinski definition) is 0. The van der Waals surface area contributed by atoms with Crippen LogP contribution >= 0.6 is 0 Å². The molecule has 0 fully saturated rings. The second kappa shape index (κ2) is 14.5. The molecule has 10 rings (SSSR count). The zero-order chi connectivity index (χ0) is 39.0. The van der Waals surface area contributed by atoms with E-state index in [1.807, 2.05) is 85.1 Å². The topological polar surface area (TPSA) is 79.3 Å². The highest BCUT2D eigenvalue weighted by molar-refractivity contribution is 6.28. The molecule has 2 heterocycles. The normalized spacial score (nSPS) is 13.4. The van der Waals surface area contributed by atoms with Crippen molar-refractivity contribution in [2.45, 2.75) is 12.6 Å². The Morgan fingerprint density at radius 2 is 1.07 bits per heavy atom. The predicted molar refractivity (Wildman–Crippen MR) is 238 cm³/mol. The maximum atomic E-state index is 10.6. The molecule has 0 unspecified atom stereocenters. The van der Waals surface area contributed by atoms with Gasteiger partial charge in [0.05, 0.1) is 33.9 Å². The molecule has 0 bridgehead atoms. The SMILES string of the molecule is N#Cc1cc(-c2ccccc2)ccc1N(c1ccccn1)c1ccc2ccc3c(N(c4ccc(-c5ccccc5)cc4C#N)[C@@H]4CC=CC=N4)ccc4ccc1c2c43. The standard InChI is InChI=1S/C52H34N6/c53-33-41-31-39(35-11-3-1-4-12-35)21-25-45(41)57(49-15-7-9-29-55-49)47-27-19-37-18-24-44-48(28-20-38-17-23-43(47)51(37)52(38)44)58(50-16-8-10-30-56-50)46-26-22-40(32-42(46)34-54)36-13-5-2-6-14-36/h1-15,17-32,50H,16H2/t50-/m1/s1. The van der Waals surface area contributed by atoms with Gasteiger partial charge >= 0.3 is 0 Å². The van der Waals surface area contributed by atoms with Crippen LogP contribution in [0.5, 0.6) is 0 Å². The number of nitrogens with zero attached hydrogens (tertiary/aromatic N) is 6. The highest BCUT2D eigenvalue weighted by Gasteiger charge is 2.27. The van der Waals surface area contributed by atoms with E-state index in [2.05, 4.69) is 119 Å². The van der Waals surface area contributed by atoms with Crippen LogP contribution in [0.3, 0.4) is 0 Å². The lowest BCUT2D eigenvalue weighted by molar-refractivity contribution is 0.693. The van der Waals surface area contributed by atoms with Gasteiger partial charge in [-0.25, -0.2) is 4.98 Å². The molecule has 8 aromatic carbocycles. The summed E-state index contributed by atoms with van der Waals surface area (Å²) in [5.41, 5.74) is 8.63. The zero-order valence-electron chi connectivity index (χ0n) is 31.4. The van der Waals surface area contributed by atoms with Crippen LogP contribution in [0.1, 0.15) is 17.5 Å². The fourth-order valence-corrected chi connectivity index (χ4v) is 8.41. The van der Waals surface area contributed by atoms with Crippen LogP contribution in [0.15, 0.2) is 187 Å². The number of pyridine rings is 1. The summed E-state index contributed by atoms with van der Waals surface area (Å²) in [4.78, 5) is 14.1. The Morgan fingerprint density at radius 3 is 1.66 bits per heavy atom. The number of benzene rings is 8.